The van der Waals surface area contributed by atoms with Crippen molar-refractivity contribution >= 4 is 23.1 Å². The molecule has 0 fully saturated rings. The van der Waals surface area contributed by atoms with Crippen molar-refractivity contribution < 1.29 is 14.3 Å². The van der Waals surface area contributed by atoms with Gasteiger partial charge in [-0.3, -0.25) is 9.20 Å². The summed E-state index contributed by atoms with van der Waals surface area (Å²) in [6.45, 7) is 4.41. The van der Waals surface area contributed by atoms with Crippen molar-refractivity contribution in [2.24, 2.45) is 0 Å². The molecule has 2 N–H and O–H groups in total. The van der Waals surface area contributed by atoms with E-state index in [-0.39, 0.29) is 22.8 Å². The zero-order chi connectivity index (χ0) is 25.6. The summed E-state index contributed by atoms with van der Waals surface area (Å²) in [5.41, 5.74) is 3.47. The van der Waals surface area contributed by atoms with E-state index in [1.807, 2.05) is 26.0 Å². The highest BCUT2D eigenvalue weighted by atomic mass is 19.1. The van der Waals surface area contributed by atoms with Gasteiger partial charge in [0.2, 0.25) is 0 Å². The van der Waals surface area contributed by atoms with E-state index in [2.05, 4.69) is 5.32 Å². The zero-order valence-electron chi connectivity index (χ0n) is 19.6. The quantitative estimate of drug-likeness (QED) is 0.433. The van der Waals surface area contributed by atoms with E-state index in [0.29, 0.717) is 30.0 Å². The first-order chi connectivity index (χ1) is 17.3. The van der Waals surface area contributed by atoms with Crippen LogP contribution in [0.4, 0.5) is 15.9 Å². The molecular formula is C27H22FN5O3. The molecule has 0 bridgehead atoms. The summed E-state index contributed by atoms with van der Waals surface area (Å²) in [6, 6.07) is 14.6. The molecule has 3 heterocycles. The van der Waals surface area contributed by atoms with Gasteiger partial charge in [-0.1, -0.05) is 18.2 Å². The van der Waals surface area contributed by atoms with Crippen molar-refractivity contribution in [2.45, 2.75) is 33.0 Å². The number of carboxylic acids is 1. The number of hydrogen-bond acceptors (Lipinski definition) is 6. The number of aromatic carboxylic acids is 1. The minimum atomic E-state index is -1.06. The van der Waals surface area contributed by atoms with E-state index in [0.717, 1.165) is 16.7 Å². The van der Waals surface area contributed by atoms with Crippen molar-refractivity contribution in [1.29, 1.82) is 5.26 Å². The number of nitriles is 1. The second-order valence-corrected chi connectivity index (χ2v) is 8.88. The summed E-state index contributed by atoms with van der Waals surface area (Å²) in [5, 5.41) is 22.6. The third-order valence-corrected chi connectivity index (χ3v) is 6.37. The van der Waals surface area contributed by atoms with E-state index < -0.39 is 17.6 Å². The maximum atomic E-state index is 13.8. The van der Waals surface area contributed by atoms with Gasteiger partial charge in [0.05, 0.1) is 11.6 Å². The van der Waals surface area contributed by atoms with Gasteiger partial charge in [0.15, 0.2) is 11.4 Å². The lowest BCUT2D eigenvalue weighted by Crippen LogP contribution is -2.27. The predicted molar refractivity (Wildman–Crippen MR) is 133 cm³/mol. The van der Waals surface area contributed by atoms with E-state index >= 15 is 0 Å². The molecule has 5 rings (SSSR count). The highest BCUT2D eigenvalue weighted by Crippen LogP contribution is 2.31. The zero-order valence-corrected chi connectivity index (χ0v) is 19.6. The predicted octanol–water partition coefficient (Wildman–Crippen LogP) is 4.41. The number of nitrogens with one attached hydrogen (secondary N) is 1. The Balaban J connectivity index is 1.63. The fourth-order valence-corrected chi connectivity index (χ4v) is 4.66. The van der Waals surface area contributed by atoms with Gasteiger partial charge in [0.25, 0.3) is 5.56 Å². The molecule has 4 aromatic rings. The minimum absolute atomic E-state index is 0.0887. The molecule has 0 saturated heterocycles. The van der Waals surface area contributed by atoms with Crippen LogP contribution in [0.3, 0.4) is 0 Å². The Morgan fingerprint density at radius 3 is 2.69 bits per heavy atom. The lowest BCUT2D eigenvalue weighted by molar-refractivity contribution is 0.0698. The first-order valence-electron chi connectivity index (χ1n) is 11.3. The average Bonchev–Trinajstić information content (AvgIpc) is 3.27. The molecule has 36 heavy (non-hydrogen) atoms. The number of aromatic nitrogens is 2. The van der Waals surface area contributed by atoms with Crippen LogP contribution in [-0.4, -0.2) is 20.5 Å². The molecule has 1 aliphatic heterocycles. The number of aryl methyl sites for hydroxylation is 1. The molecule has 0 spiro atoms. The number of hydrogen-bond donors (Lipinski definition) is 2. The van der Waals surface area contributed by atoms with Crippen molar-refractivity contribution in [1.82, 2.24) is 9.38 Å². The third kappa shape index (κ3) is 3.92. The van der Waals surface area contributed by atoms with Gasteiger partial charge in [-0.15, -0.1) is 0 Å². The largest absolute Gasteiger partial charge is 0.478 e. The summed E-state index contributed by atoms with van der Waals surface area (Å²) in [4.78, 5) is 31.6. The SMILES string of the molecule is Cc1cc(C(C)Nc2ccccc2C(=O)O)c2nc(N3Cc4ccc(F)cc4C3)c(C#N)c(=O)n2c1. The van der Waals surface area contributed by atoms with Gasteiger partial charge in [0.1, 0.15) is 17.5 Å². The molecule has 1 atom stereocenters. The van der Waals surface area contributed by atoms with Crippen molar-refractivity contribution in [3.05, 3.63) is 104 Å². The number of benzene rings is 2. The van der Waals surface area contributed by atoms with E-state index in [9.17, 15) is 24.3 Å². The molecule has 0 amide bonds. The van der Waals surface area contributed by atoms with Gasteiger partial charge >= 0.3 is 5.97 Å². The fourth-order valence-electron chi connectivity index (χ4n) is 4.66. The fraction of sp³-hybridized carbons (Fsp3) is 0.185. The Bertz CT molecular complexity index is 1640. The Kier molecular flexibility index (Phi) is 5.65. The molecule has 9 heteroatoms. The average molecular weight is 484 g/mol. The monoisotopic (exact) mass is 483 g/mol. The van der Waals surface area contributed by atoms with Crippen LogP contribution >= 0.6 is 0 Å². The van der Waals surface area contributed by atoms with Crippen LogP contribution in [0, 0.1) is 24.1 Å². The lowest BCUT2D eigenvalue weighted by Gasteiger charge is -2.22. The molecule has 180 valence electrons. The van der Waals surface area contributed by atoms with Gasteiger partial charge < -0.3 is 15.3 Å². The topological polar surface area (TPSA) is 111 Å². The number of pyridine rings is 1. The Morgan fingerprint density at radius 2 is 1.94 bits per heavy atom. The van der Waals surface area contributed by atoms with Crippen LogP contribution in [0.15, 0.2) is 59.5 Å². The second kappa shape index (κ2) is 8.82. The second-order valence-electron chi connectivity index (χ2n) is 8.88. The number of carbonyl (C=O) groups is 1. The molecule has 1 unspecified atom stereocenters. The molecule has 1 aliphatic rings. The molecule has 8 nitrogen and oxygen atoms in total. The van der Waals surface area contributed by atoms with E-state index in [1.165, 1.54) is 22.6 Å². The summed E-state index contributed by atoms with van der Waals surface area (Å²) in [5.74, 6) is -1.16. The number of halogens is 1. The van der Waals surface area contributed by atoms with Crippen LogP contribution in [0.5, 0.6) is 0 Å². The number of rotatable bonds is 5. The highest BCUT2D eigenvalue weighted by molar-refractivity contribution is 5.94. The summed E-state index contributed by atoms with van der Waals surface area (Å²) < 4.78 is 15.1. The van der Waals surface area contributed by atoms with Gasteiger partial charge in [-0.05, 0) is 60.9 Å². The van der Waals surface area contributed by atoms with Gasteiger partial charge in [0, 0.05) is 30.5 Å². The first kappa shape index (κ1) is 23.1. The molecule has 2 aromatic heterocycles. The number of anilines is 2. The maximum absolute atomic E-state index is 13.8. The van der Waals surface area contributed by atoms with E-state index in [1.54, 1.807) is 35.4 Å². The Hall–Kier alpha value is -4.71. The summed E-state index contributed by atoms with van der Waals surface area (Å²) in [6.07, 6.45) is 1.63. The maximum Gasteiger partial charge on any atom is 0.337 e. The Morgan fingerprint density at radius 1 is 1.19 bits per heavy atom. The number of nitrogens with zero attached hydrogens (tertiary/aromatic N) is 4. The normalized spacial score (nSPS) is 13.3. The first-order valence-corrected chi connectivity index (χ1v) is 11.3. The van der Waals surface area contributed by atoms with Crippen molar-refractivity contribution in [3.63, 3.8) is 0 Å². The summed E-state index contributed by atoms with van der Waals surface area (Å²) >= 11 is 0. The molecule has 0 aliphatic carbocycles. The third-order valence-electron chi connectivity index (χ3n) is 6.37. The van der Waals surface area contributed by atoms with Crippen LogP contribution in [0.25, 0.3) is 5.65 Å². The van der Waals surface area contributed by atoms with Crippen LogP contribution in [0.1, 0.15) is 51.1 Å². The summed E-state index contributed by atoms with van der Waals surface area (Å²) in [7, 11) is 0. The minimum Gasteiger partial charge on any atom is -0.478 e. The van der Waals surface area contributed by atoms with Gasteiger partial charge in [-0.25, -0.2) is 14.2 Å². The molecule has 0 saturated carbocycles. The standard InChI is InChI=1S/C27H22FN5O3/c1-15-9-21(16(2)30-23-6-4-3-5-20(23)27(35)36)25-31-24(22(11-29)26(34)33(25)12-15)32-13-17-7-8-19(28)10-18(17)14-32/h3-10,12,16,30H,13-14H2,1-2H3,(H,35,36). The van der Waals surface area contributed by atoms with Gasteiger partial charge in [-0.2, -0.15) is 5.26 Å². The van der Waals surface area contributed by atoms with Crippen LogP contribution in [-0.2, 0) is 13.1 Å². The smallest absolute Gasteiger partial charge is 0.337 e. The van der Waals surface area contributed by atoms with Crippen LogP contribution in [0.2, 0.25) is 0 Å². The number of carboxylic acid groups (broad SMARTS) is 1. The highest BCUT2D eigenvalue weighted by Gasteiger charge is 2.27. The molecule has 2 aromatic carbocycles. The van der Waals surface area contributed by atoms with E-state index in [4.69, 9.17) is 4.98 Å². The Labute approximate surface area is 205 Å². The number of para-hydroxylation sites is 1. The van der Waals surface area contributed by atoms with Crippen LogP contribution < -0.4 is 15.8 Å². The lowest BCUT2D eigenvalue weighted by atomic mass is 10.1. The molecule has 0 radical (unpaired) electrons. The number of fused-ring (bicyclic) bond motifs is 2. The molecular weight excluding hydrogens is 461 g/mol. The van der Waals surface area contributed by atoms with Crippen molar-refractivity contribution in [2.75, 3.05) is 10.2 Å². The van der Waals surface area contributed by atoms with Crippen molar-refractivity contribution in [3.8, 4) is 6.07 Å².